The number of rotatable bonds is 9. The minimum Gasteiger partial charge on any atom is -0.481 e. The van der Waals surface area contributed by atoms with E-state index in [9.17, 15) is 19.8 Å². The number of aryl methyl sites for hydroxylation is 3. The number of carboxylic acid groups (broad SMARTS) is 1. The molecule has 9 heteroatoms. The van der Waals surface area contributed by atoms with Gasteiger partial charge in [-0.3, -0.25) is 14.3 Å². The van der Waals surface area contributed by atoms with Crippen LogP contribution in [0.25, 0.3) is 22.0 Å². The SMILES string of the molecule is Cn1cc(-c2ccc(CCC(O)C(CCn3nnc4ccccc4c3=O)C(=O)O)cc2)cn1. The van der Waals surface area contributed by atoms with Crippen molar-refractivity contribution in [3.05, 3.63) is 76.8 Å². The van der Waals surface area contributed by atoms with E-state index in [0.717, 1.165) is 21.4 Å². The van der Waals surface area contributed by atoms with Crippen LogP contribution in [0.3, 0.4) is 0 Å². The molecule has 2 aromatic heterocycles. The van der Waals surface area contributed by atoms with Crippen molar-refractivity contribution in [2.24, 2.45) is 13.0 Å². The Morgan fingerprint density at radius 3 is 2.52 bits per heavy atom. The molecular weight excluding hydrogens is 422 g/mol. The summed E-state index contributed by atoms with van der Waals surface area (Å²) in [5, 5.41) is 32.7. The lowest BCUT2D eigenvalue weighted by Gasteiger charge is -2.19. The minimum atomic E-state index is -1.10. The fraction of sp³-hybridized carbons (Fsp3) is 0.292. The molecule has 0 amide bonds. The third kappa shape index (κ3) is 5.15. The highest BCUT2D eigenvalue weighted by atomic mass is 16.4. The van der Waals surface area contributed by atoms with Crippen molar-refractivity contribution in [3.8, 4) is 11.1 Å². The average Bonchev–Trinajstić information content (AvgIpc) is 3.25. The van der Waals surface area contributed by atoms with Crippen LogP contribution in [0.15, 0.2) is 65.7 Å². The molecule has 2 heterocycles. The predicted molar refractivity (Wildman–Crippen MR) is 123 cm³/mol. The van der Waals surface area contributed by atoms with Gasteiger partial charge in [-0.25, -0.2) is 4.68 Å². The molecule has 4 aromatic rings. The lowest BCUT2D eigenvalue weighted by molar-refractivity contribution is -0.146. The number of aliphatic hydroxyl groups is 1. The number of hydrogen-bond acceptors (Lipinski definition) is 6. The van der Waals surface area contributed by atoms with Gasteiger partial charge in [0.15, 0.2) is 0 Å². The van der Waals surface area contributed by atoms with Gasteiger partial charge < -0.3 is 10.2 Å². The van der Waals surface area contributed by atoms with E-state index in [2.05, 4.69) is 15.4 Å². The molecular formula is C24H25N5O4. The standard InChI is InChI=1S/C24H25N5O4/c1-28-15-18(14-25-28)17-9-6-16(7-10-17)8-11-22(30)20(24(32)33)12-13-29-23(31)19-4-2-3-5-21(19)26-27-29/h2-7,9-10,14-15,20,22,30H,8,11-13H2,1H3,(H,32,33). The van der Waals surface area contributed by atoms with Gasteiger partial charge in [0.2, 0.25) is 0 Å². The highest BCUT2D eigenvalue weighted by molar-refractivity contribution is 5.76. The Balaban J connectivity index is 1.37. The van der Waals surface area contributed by atoms with Crippen molar-refractivity contribution in [1.29, 1.82) is 0 Å². The van der Waals surface area contributed by atoms with Gasteiger partial charge in [-0.1, -0.05) is 41.6 Å². The summed E-state index contributed by atoms with van der Waals surface area (Å²) in [7, 11) is 1.86. The van der Waals surface area contributed by atoms with Gasteiger partial charge in [-0.2, -0.15) is 5.10 Å². The quantitative estimate of drug-likeness (QED) is 0.403. The van der Waals surface area contributed by atoms with Gasteiger partial charge in [0.1, 0.15) is 5.52 Å². The van der Waals surface area contributed by atoms with Crippen LogP contribution in [0.4, 0.5) is 0 Å². The van der Waals surface area contributed by atoms with E-state index in [-0.39, 0.29) is 18.5 Å². The number of fused-ring (bicyclic) bond motifs is 1. The lowest BCUT2D eigenvalue weighted by atomic mass is 9.93. The molecule has 4 rings (SSSR count). The molecule has 0 saturated carbocycles. The average molecular weight is 447 g/mol. The molecule has 2 atom stereocenters. The summed E-state index contributed by atoms with van der Waals surface area (Å²) in [4.78, 5) is 24.4. The van der Waals surface area contributed by atoms with Crippen LogP contribution in [-0.4, -0.2) is 47.1 Å². The van der Waals surface area contributed by atoms with E-state index in [4.69, 9.17) is 0 Å². The number of aliphatic hydroxyl groups excluding tert-OH is 1. The third-order valence-electron chi connectivity index (χ3n) is 5.78. The monoisotopic (exact) mass is 447 g/mol. The second kappa shape index (κ2) is 9.74. The number of aliphatic carboxylic acids is 1. The Hall–Kier alpha value is -3.85. The Labute approximate surface area is 189 Å². The molecule has 33 heavy (non-hydrogen) atoms. The first-order valence-corrected chi connectivity index (χ1v) is 10.7. The number of benzene rings is 2. The summed E-state index contributed by atoms with van der Waals surface area (Å²) >= 11 is 0. The van der Waals surface area contributed by atoms with Crippen molar-refractivity contribution in [1.82, 2.24) is 24.8 Å². The largest absolute Gasteiger partial charge is 0.481 e. The van der Waals surface area contributed by atoms with Crippen LogP contribution < -0.4 is 5.56 Å². The topological polar surface area (TPSA) is 123 Å². The van der Waals surface area contributed by atoms with Crippen LogP contribution in [0, 0.1) is 5.92 Å². The zero-order valence-corrected chi connectivity index (χ0v) is 18.2. The van der Waals surface area contributed by atoms with Gasteiger partial charge in [0.25, 0.3) is 5.56 Å². The van der Waals surface area contributed by atoms with Crippen molar-refractivity contribution >= 4 is 16.9 Å². The van der Waals surface area contributed by atoms with Crippen molar-refractivity contribution < 1.29 is 15.0 Å². The van der Waals surface area contributed by atoms with Crippen LogP contribution >= 0.6 is 0 Å². The van der Waals surface area contributed by atoms with Gasteiger partial charge in [0, 0.05) is 25.4 Å². The molecule has 0 bridgehead atoms. The Bertz CT molecular complexity index is 1310. The third-order valence-corrected chi connectivity index (χ3v) is 5.78. The second-order valence-corrected chi connectivity index (χ2v) is 8.07. The van der Waals surface area contributed by atoms with E-state index in [1.807, 2.05) is 37.5 Å². The van der Waals surface area contributed by atoms with Gasteiger partial charge in [-0.15, -0.1) is 5.10 Å². The summed E-state index contributed by atoms with van der Waals surface area (Å²) < 4.78 is 2.89. The Morgan fingerprint density at radius 1 is 1.06 bits per heavy atom. The summed E-state index contributed by atoms with van der Waals surface area (Å²) in [6.07, 6.45) is 3.58. The van der Waals surface area contributed by atoms with Gasteiger partial charge >= 0.3 is 5.97 Å². The zero-order chi connectivity index (χ0) is 23.4. The van der Waals surface area contributed by atoms with E-state index in [1.54, 1.807) is 35.1 Å². The molecule has 2 aromatic carbocycles. The number of nitrogens with zero attached hydrogens (tertiary/aromatic N) is 5. The molecule has 0 spiro atoms. The molecule has 0 fully saturated rings. The highest BCUT2D eigenvalue weighted by Gasteiger charge is 2.26. The first kappa shape index (κ1) is 22.3. The van der Waals surface area contributed by atoms with Crippen LogP contribution in [0.2, 0.25) is 0 Å². The smallest absolute Gasteiger partial charge is 0.309 e. The molecule has 2 N–H and O–H groups in total. The molecule has 9 nitrogen and oxygen atoms in total. The van der Waals surface area contributed by atoms with Crippen LogP contribution in [0.5, 0.6) is 0 Å². The normalized spacial score (nSPS) is 13.2. The maximum Gasteiger partial charge on any atom is 0.309 e. The van der Waals surface area contributed by atoms with Crippen LogP contribution in [0.1, 0.15) is 18.4 Å². The van der Waals surface area contributed by atoms with Gasteiger partial charge in [0.05, 0.1) is 23.6 Å². The molecule has 0 aliphatic rings. The highest BCUT2D eigenvalue weighted by Crippen LogP contribution is 2.21. The van der Waals surface area contributed by atoms with E-state index >= 15 is 0 Å². The summed E-state index contributed by atoms with van der Waals surface area (Å²) in [6.45, 7) is 0.0600. The number of carbonyl (C=O) groups is 1. The Kier molecular flexibility index (Phi) is 6.60. The zero-order valence-electron chi connectivity index (χ0n) is 18.2. The van der Waals surface area contributed by atoms with E-state index < -0.39 is 18.0 Å². The molecule has 0 aliphatic heterocycles. The minimum absolute atomic E-state index is 0.0600. The second-order valence-electron chi connectivity index (χ2n) is 8.07. The number of hydrogen-bond donors (Lipinski definition) is 2. The lowest BCUT2D eigenvalue weighted by Crippen LogP contribution is -2.32. The molecule has 0 aliphatic carbocycles. The summed E-state index contributed by atoms with van der Waals surface area (Å²) in [5.41, 5.74) is 3.22. The van der Waals surface area contributed by atoms with Gasteiger partial charge in [-0.05, 0) is 42.5 Å². The number of aromatic nitrogens is 5. The molecule has 0 saturated heterocycles. The summed E-state index contributed by atoms with van der Waals surface area (Å²) in [6, 6.07) is 14.8. The maximum absolute atomic E-state index is 12.6. The molecule has 0 radical (unpaired) electrons. The molecule has 2 unspecified atom stereocenters. The maximum atomic E-state index is 12.6. The summed E-state index contributed by atoms with van der Waals surface area (Å²) in [5.74, 6) is -2.11. The fourth-order valence-corrected chi connectivity index (χ4v) is 3.86. The van der Waals surface area contributed by atoms with Crippen LogP contribution in [-0.2, 0) is 24.8 Å². The predicted octanol–water partition coefficient (Wildman–Crippen LogP) is 2.28. The fourth-order valence-electron chi connectivity index (χ4n) is 3.86. The Morgan fingerprint density at radius 2 is 1.82 bits per heavy atom. The molecule has 170 valence electrons. The van der Waals surface area contributed by atoms with Crippen molar-refractivity contribution in [2.75, 3.05) is 0 Å². The first-order valence-electron chi connectivity index (χ1n) is 10.7. The van der Waals surface area contributed by atoms with Crippen molar-refractivity contribution in [2.45, 2.75) is 31.9 Å². The van der Waals surface area contributed by atoms with E-state index in [1.165, 1.54) is 0 Å². The van der Waals surface area contributed by atoms with Crippen molar-refractivity contribution in [3.63, 3.8) is 0 Å². The number of carboxylic acids is 1. The van der Waals surface area contributed by atoms with E-state index in [0.29, 0.717) is 23.7 Å². The first-order chi connectivity index (χ1) is 15.9.